The number of aryl methyl sites for hydroxylation is 2. The number of carbonyl (C=O) groups excluding carboxylic acids is 2. The van der Waals surface area contributed by atoms with Gasteiger partial charge in [-0.2, -0.15) is 0 Å². The summed E-state index contributed by atoms with van der Waals surface area (Å²) in [6.45, 7) is 3.50. The third kappa shape index (κ3) is 5.05. The Hall–Kier alpha value is -2.62. The van der Waals surface area contributed by atoms with Crippen molar-refractivity contribution in [2.24, 2.45) is 0 Å². The highest BCUT2D eigenvalue weighted by Crippen LogP contribution is 2.14. The van der Waals surface area contributed by atoms with Gasteiger partial charge in [0.25, 0.3) is 0 Å². The van der Waals surface area contributed by atoms with Crippen molar-refractivity contribution in [3.05, 3.63) is 59.7 Å². The second kappa shape index (κ2) is 7.41. The number of hydrogen-bond acceptors (Lipinski definition) is 2. The molecule has 0 saturated carbocycles. The molecule has 0 spiro atoms. The van der Waals surface area contributed by atoms with Gasteiger partial charge in [0.05, 0.1) is 0 Å². The van der Waals surface area contributed by atoms with Gasteiger partial charge in [0.1, 0.15) is 0 Å². The first-order chi connectivity index (χ1) is 10.5. The summed E-state index contributed by atoms with van der Waals surface area (Å²) in [5, 5.41) is 5.54. The minimum atomic E-state index is -0.116. The van der Waals surface area contributed by atoms with E-state index in [4.69, 9.17) is 0 Å². The van der Waals surface area contributed by atoms with Crippen molar-refractivity contribution in [1.29, 1.82) is 0 Å². The van der Waals surface area contributed by atoms with E-state index >= 15 is 0 Å². The van der Waals surface area contributed by atoms with Crippen LogP contribution in [0.2, 0.25) is 0 Å². The molecule has 2 aromatic rings. The van der Waals surface area contributed by atoms with Gasteiger partial charge in [0.15, 0.2) is 0 Å². The van der Waals surface area contributed by atoms with Crippen LogP contribution in [0.5, 0.6) is 0 Å². The zero-order chi connectivity index (χ0) is 15.9. The summed E-state index contributed by atoms with van der Waals surface area (Å²) in [6.07, 6.45) is 1.16. The normalized spacial score (nSPS) is 10.1. The molecule has 2 rings (SSSR count). The lowest BCUT2D eigenvalue weighted by atomic mass is 10.1. The van der Waals surface area contributed by atoms with E-state index in [1.807, 2.05) is 25.1 Å². The van der Waals surface area contributed by atoms with E-state index in [0.717, 1.165) is 17.7 Å². The second-order valence-corrected chi connectivity index (χ2v) is 5.30. The summed E-state index contributed by atoms with van der Waals surface area (Å²) in [4.78, 5) is 22.9. The fourth-order valence-electron chi connectivity index (χ4n) is 2.19. The summed E-state index contributed by atoms with van der Waals surface area (Å²) in [5.41, 5.74) is 3.80. The first kappa shape index (κ1) is 15.8. The zero-order valence-corrected chi connectivity index (χ0v) is 12.8. The molecule has 4 nitrogen and oxygen atoms in total. The SMILES string of the molecule is CC(=O)Nc1ccc(NC(=O)CCc2cccc(C)c2)cc1. The standard InChI is InChI=1S/C18H20N2O2/c1-13-4-3-5-15(12-13)6-11-18(22)20-17-9-7-16(8-10-17)19-14(2)21/h3-5,7-10,12H,6,11H2,1-2H3,(H,19,21)(H,20,22). The third-order valence-corrected chi connectivity index (χ3v) is 3.21. The number of nitrogens with one attached hydrogen (secondary N) is 2. The molecule has 2 aromatic carbocycles. The Morgan fingerprint density at radius 2 is 1.59 bits per heavy atom. The van der Waals surface area contributed by atoms with Crippen molar-refractivity contribution in [3.8, 4) is 0 Å². The van der Waals surface area contributed by atoms with Crippen LogP contribution in [-0.2, 0) is 16.0 Å². The molecule has 0 bridgehead atoms. The molecule has 0 saturated heterocycles. The summed E-state index contributed by atoms with van der Waals surface area (Å²) >= 11 is 0. The van der Waals surface area contributed by atoms with Crippen molar-refractivity contribution in [3.63, 3.8) is 0 Å². The molecule has 0 heterocycles. The van der Waals surface area contributed by atoms with Gasteiger partial charge < -0.3 is 10.6 Å². The molecular formula is C18H20N2O2. The molecule has 0 atom stereocenters. The molecule has 114 valence electrons. The lowest BCUT2D eigenvalue weighted by Gasteiger charge is -2.07. The fourth-order valence-corrected chi connectivity index (χ4v) is 2.19. The van der Waals surface area contributed by atoms with Gasteiger partial charge in [-0.3, -0.25) is 9.59 Å². The lowest BCUT2D eigenvalue weighted by Crippen LogP contribution is -2.12. The highest BCUT2D eigenvalue weighted by molar-refractivity contribution is 5.92. The Morgan fingerprint density at radius 3 is 2.18 bits per heavy atom. The average Bonchev–Trinajstić information content (AvgIpc) is 2.47. The average molecular weight is 296 g/mol. The van der Waals surface area contributed by atoms with Crippen LogP contribution in [0.1, 0.15) is 24.5 Å². The van der Waals surface area contributed by atoms with Gasteiger partial charge in [0.2, 0.25) is 11.8 Å². The number of anilines is 2. The quantitative estimate of drug-likeness (QED) is 0.887. The molecule has 2 N–H and O–H groups in total. The number of hydrogen-bond donors (Lipinski definition) is 2. The van der Waals surface area contributed by atoms with Crippen molar-refractivity contribution in [2.75, 3.05) is 10.6 Å². The largest absolute Gasteiger partial charge is 0.326 e. The lowest BCUT2D eigenvalue weighted by molar-refractivity contribution is -0.116. The Morgan fingerprint density at radius 1 is 0.955 bits per heavy atom. The molecule has 0 aliphatic carbocycles. The van der Waals surface area contributed by atoms with Gasteiger partial charge in [-0.05, 0) is 43.2 Å². The molecule has 0 aliphatic heterocycles. The summed E-state index contributed by atoms with van der Waals surface area (Å²) in [7, 11) is 0. The second-order valence-electron chi connectivity index (χ2n) is 5.30. The van der Waals surface area contributed by atoms with Crippen molar-refractivity contribution in [1.82, 2.24) is 0 Å². The smallest absolute Gasteiger partial charge is 0.224 e. The Labute approximate surface area is 130 Å². The minimum absolute atomic E-state index is 0.0196. The summed E-state index contributed by atoms with van der Waals surface area (Å²) in [6, 6.07) is 15.2. The van der Waals surface area contributed by atoms with E-state index in [2.05, 4.69) is 16.7 Å². The number of carbonyl (C=O) groups is 2. The van der Waals surface area contributed by atoms with Gasteiger partial charge >= 0.3 is 0 Å². The van der Waals surface area contributed by atoms with Crippen molar-refractivity contribution < 1.29 is 9.59 Å². The first-order valence-electron chi connectivity index (χ1n) is 7.26. The fraction of sp³-hybridized carbons (Fsp3) is 0.222. The van der Waals surface area contributed by atoms with E-state index in [0.29, 0.717) is 12.1 Å². The highest BCUT2D eigenvalue weighted by Gasteiger charge is 2.04. The van der Waals surface area contributed by atoms with E-state index in [1.165, 1.54) is 12.5 Å². The van der Waals surface area contributed by atoms with Crippen LogP contribution in [0.15, 0.2) is 48.5 Å². The van der Waals surface area contributed by atoms with Gasteiger partial charge in [-0.25, -0.2) is 0 Å². The Kier molecular flexibility index (Phi) is 5.31. The Bertz CT molecular complexity index is 663. The van der Waals surface area contributed by atoms with Crippen LogP contribution in [0.4, 0.5) is 11.4 Å². The zero-order valence-electron chi connectivity index (χ0n) is 12.8. The van der Waals surface area contributed by atoms with Crippen LogP contribution < -0.4 is 10.6 Å². The Balaban J connectivity index is 1.85. The minimum Gasteiger partial charge on any atom is -0.326 e. The molecule has 0 aliphatic rings. The van der Waals surface area contributed by atoms with Gasteiger partial charge in [0, 0.05) is 24.7 Å². The van der Waals surface area contributed by atoms with E-state index in [1.54, 1.807) is 24.3 Å². The maximum Gasteiger partial charge on any atom is 0.224 e. The van der Waals surface area contributed by atoms with Gasteiger partial charge in [-0.15, -0.1) is 0 Å². The number of amides is 2. The van der Waals surface area contributed by atoms with Crippen molar-refractivity contribution in [2.45, 2.75) is 26.7 Å². The monoisotopic (exact) mass is 296 g/mol. The van der Waals surface area contributed by atoms with Crippen LogP contribution >= 0.6 is 0 Å². The van der Waals surface area contributed by atoms with Crippen molar-refractivity contribution >= 4 is 23.2 Å². The predicted molar refractivity (Wildman–Crippen MR) is 88.9 cm³/mol. The van der Waals surface area contributed by atoms with Crippen LogP contribution in [0.3, 0.4) is 0 Å². The molecule has 0 aromatic heterocycles. The summed E-state index contributed by atoms with van der Waals surface area (Å²) < 4.78 is 0. The number of benzene rings is 2. The van der Waals surface area contributed by atoms with Crippen LogP contribution in [-0.4, -0.2) is 11.8 Å². The molecular weight excluding hydrogens is 276 g/mol. The van der Waals surface area contributed by atoms with Crippen LogP contribution in [0.25, 0.3) is 0 Å². The first-order valence-corrected chi connectivity index (χ1v) is 7.26. The maximum atomic E-state index is 12.0. The van der Waals surface area contributed by atoms with E-state index in [-0.39, 0.29) is 11.8 Å². The summed E-state index contributed by atoms with van der Waals surface area (Å²) in [5.74, 6) is -0.135. The molecule has 22 heavy (non-hydrogen) atoms. The topological polar surface area (TPSA) is 58.2 Å². The van der Waals surface area contributed by atoms with E-state index < -0.39 is 0 Å². The maximum absolute atomic E-state index is 12.0. The molecule has 0 unspecified atom stereocenters. The molecule has 0 fully saturated rings. The molecule has 4 heteroatoms. The highest BCUT2D eigenvalue weighted by atomic mass is 16.2. The molecule has 0 radical (unpaired) electrons. The number of rotatable bonds is 5. The molecule has 2 amide bonds. The predicted octanol–water partition coefficient (Wildman–Crippen LogP) is 3.52. The van der Waals surface area contributed by atoms with E-state index in [9.17, 15) is 9.59 Å². The van der Waals surface area contributed by atoms with Crippen LogP contribution in [0, 0.1) is 6.92 Å². The van der Waals surface area contributed by atoms with Gasteiger partial charge in [-0.1, -0.05) is 29.8 Å². The third-order valence-electron chi connectivity index (χ3n) is 3.21.